The van der Waals surface area contributed by atoms with Gasteiger partial charge in [-0.2, -0.15) is 9.97 Å². The summed E-state index contributed by atoms with van der Waals surface area (Å²) in [5.74, 6) is 0.196. The number of imidazole rings is 1. The lowest BCUT2D eigenvalue weighted by Gasteiger charge is -2.08. The molecule has 0 saturated heterocycles. The first-order valence-electron chi connectivity index (χ1n) is 9.90. The van der Waals surface area contributed by atoms with Gasteiger partial charge >= 0.3 is 11.7 Å². The minimum Gasteiger partial charge on any atom is -0.463 e. The summed E-state index contributed by atoms with van der Waals surface area (Å²) in [5, 5.41) is 12.1. The van der Waals surface area contributed by atoms with Crippen LogP contribution in [0, 0.1) is 0 Å². The number of aliphatic hydroxyl groups is 1. The van der Waals surface area contributed by atoms with Crippen LogP contribution >= 0.6 is 0 Å². The third kappa shape index (κ3) is 5.33. The van der Waals surface area contributed by atoms with Crippen LogP contribution in [0.25, 0.3) is 11.2 Å². The molecule has 0 aliphatic heterocycles. The fourth-order valence-corrected chi connectivity index (χ4v) is 2.93. The Balaban J connectivity index is 1.76. The predicted octanol–water partition coefficient (Wildman–Crippen LogP) is 1.40. The number of H-pyrrole nitrogens is 1. The average molecular weight is 400 g/mol. The van der Waals surface area contributed by atoms with E-state index in [9.17, 15) is 4.79 Å². The summed E-state index contributed by atoms with van der Waals surface area (Å²) in [6.45, 7) is 4.63. The number of aliphatic hydroxyl groups excluding tert-OH is 1. The van der Waals surface area contributed by atoms with Gasteiger partial charge in [0.1, 0.15) is 5.52 Å². The molecule has 2 heterocycles. The fourth-order valence-electron chi connectivity index (χ4n) is 2.93. The molecule has 2 aromatic heterocycles. The SMILES string of the molecule is CCCCOc1nc(N)c2[nH]c(=O)n(Cc3ccc(CNCCCO)cc3)c2n1. The summed E-state index contributed by atoms with van der Waals surface area (Å²) >= 11 is 0. The maximum atomic E-state index is 12.4. The van der Waals surface area contributed by atoms with E-state index in [1.807, 2.05) is 24.3 Å². The van der Waals surface area contributed by atoms with Crippen LogP contribution in [0.4, 0.5) is 5.82 Å². The van der Waals surface area contributed by atoms with Gasteiger partial charge in [0.2, 0.25) is 0 Å². The number of nitrogens with two attached hydrogens (primary N) is 1. The molecule has 0 aliphatic rings. The van der Waals surface area contributed by atoms with Gasteiger partial charge in [-0.25, -0.2) is 4.79 Å². The molecule has 0 spiro atoms. The number of nitrogens with zero attached hydrogens (tertiary/aromatic N) is 3. The normalized spacial score (nSPS) is 11.2. The topological polar surface area (TPSA) is 131 Å². The minimum absolute atomic E-state index is 0.181. The number of nitrogen functional groups attached to an aromatic ring is 1. The summed E-state index contributed by atoms with van der Waals surface area (Å²) in [6, 6.07) is 8.18. The predicted molar refractivity (Wildman–Crippen MR) is 112 cm³/mol. The van der Waals surface area contributed by atoms with E-state index in [4.69, 9.17) is 15.6 Å². The second-order valence-electron chi connectivity index (χ2n) is 6.88. The number of benzene rings is 1. The number of anilines is 1. The molecule has 9 heteroatoms. The Kier molecular flexibility index (Phi) is 7.20. The number of rotatable bonds is 11. The molecule has 5 N–H and O–H groups in total. The lowest BCUT2D eigenvalue weighted by Crippen LogP contribution is -2.18. The third-order valence-electron chi connectivity index (χ3n) is 4.56. The van der Waals surface area contributed by atoms with Crippen molar-refractivity contribution < 1.29 is 9.84 Å². The number of fused-ring (bicyclic) bond motifs is 1. The van der Waals surface area contributed by atoms with E-state index in [1.54, 1.807) is 0 Å². The molecule has 0 amide bonds. The molecular weight excluding hydrogens is 372 g/mol. The number of aromatic nitrogens is 4. The van der Waals surface area contributed by atoms with Gasteiger partial charge in [0.05, 0.1) is 13.2 Å². The highest BCUT2D eigenvalue weighted by molar-refractivity contribution is 5.81. The standard InChI is InChI=1S/C20H28N6O3/c1-2-3-11-29-19-24-17(21)16-18(25-19)26(20(28)23-16)13-15-7-5-14(6-8-15)12-22-9-4-10-27/h5-8,22,27H,2-4,9-13H2,1H3,(H,23,28)(H2,21,24,25). The summed E-state index contributed by atoms with van der Waals surface area (Å²) in [5.41, 5.74) is 8.66. The maximum Gasteiger partial charge on any atom is 0.328 e. The molecule has 0 saturated carbocycles. The van der Waals surface area contributed by atoms with Crippen LogP contribution in [0.15, 0.2) is 29.1 Å². The second-order valence-corrected chi connectivity index (χ2v) is 6.88. The van der Waals surface area contributed by atoms with Crippen LogP contribution in [0.2, 0.25) is 0 Å². The zero-order chi connectivity index (χ0) is 20.6. The van der Waals surface area contributed by atoms with Crippen LogP contribution in [0.1, 0.15) is 37.3 Å². The zero-order valence-electron chi connectivity index (χ0n) is 16.6. The Bertz CT molecular complexity index is 980. The van der Waals surface area contributed by atoms with E-state index in [2.05, 4.69) is 27.2 Å². The molecule has 3 aromatic rings. The molecule has 156 valence electrons. The van der Waals surface area contributed by atoms with Gasteiger partial charge in [0.25, 0.3) is 0 Å². The Morgan fingerprint density at radius 3 is 2.69 bits per heavy atom. The monoisotopic (exact) mass is 400 g/mol. The highest BCUT2D eigenvalue weighted by Gasteiger charge is 2.15. The van der Waals surface area contributed by atoms with Crippen molar-refractivity contribution in [2.24, 2.45) is 0 Å². The highest BCUT2D eigenvalue weighted by Crippen LogP contribution is 2.19. The molecule has 0 unspecified atom stereocenters. The summed E-state index contributed by atoms with van der Waals surface area (Å²) in [7, 11) is 0. The summed E-state index contributed by atoms with van der Waals surface area (Å²) in [6.07, 6.45) is 2.62. The Labute approximate surface area is 168 Å². The van der Waals surface area contributed by atoms with E-state index in [-0.39, 0.29) is 24.1 Å². The van der Waals surface area contributed by atoms with Gasteiger partial charge in [0.15, 0.2) is 11.5 Å². The van der Waals surface area contributed by atoms with Crippen molar-refractivity contribution >= 4 is 17.0 Å². The fraction of sp³-hybridized carbons (Fsp3) is 0.450. The minimum atomic E-state index is -0.290. The van der Waals surface area contributed by atoms with Crippen molar-refractivity contribution in [3.8, 4) is 6.01 Å². The van der Waals surface area contributed by atoms with Crippen molar-refractivity contribution in [2.75, 3.05) is 25.5 Å². The van der Waals surface area contributed by atoms with Gasteiger partial charge in [-0.05, 0) is 30.5 Å². The Hall–Kier alpha value is -2.91. The van der Waals surface area contributed by atoms with Crippen molar-refractivity contribution in [3.63, 3.8) is 0 Å². The largest absolute Gasteiger partial charge is 0.463 e. The average Bonchev–Trinajstić information content (AvgIpc) is 3.03. The van der Waals surface area contributed by atoms with Crippen molar-refractivity contribution in [1.82, 2.24) is 24.8 Å². The van der Waals surface area contributed by atoms with E-state index >= 15 is 0 Å². The first-order chi connectivity index (χ1) is 14.1. The lowest BCUT2D eigenvalue weighted by molar-refractivity contribution is 0.286. The Morgan fingerprint density at radius 1 is 1.21 bits per heavy atom. The first kappa shape index (κ1) is 20.8. The van der Waals surface area contributed by atoms with Crippen LogP contribution in [0.3, 0.4) is 0 Å². The zero-order valence-corrected chi connectivity index (χ0v) is 16.6. The molecule has 0 fully saturated rings. The van der Waals surface area contributed by atoms with E-state index < -0.39 is 0 Å². The van der Waals surface area contributed by atoms with Gasteiger partial charge < -0.3 is 25.9 Å². The molecule has 0 aliphatic carbocycles. The van der Waals surface area contributed by atoms with Crippen LogP contribution in [-0.4, -0.2) is 44.4 Å². The van der Waals surface area contributed by atoms with Crippen molar-refractivity contribution in [3.05, 3.63) is 45.9 Å². The number of hydrogen-bond acceptors (Lipinski definition) is 7. The van der Waals surface area contributed by atoms with Crippen LogP contribution in [-0.2, 0) is 13.1 Å². The number of aromatic amines is 1. The van der Waals surface area contributed by atoms with E-state index in [0.29, 0.717) is 24.3 Å². The van der Waals surface area contributed by atoms with Gasteiger partial charge in [-0.15, -0.1) is 0 Å². The summed E-state index contributed by atoms with van der Waals surface area (Å²) in [4.78, 5) is 23.7. The van der Waals surface area contributed by atoms with Crippen molar-refractivity contribution in [1.29, 1.82) is 0 Å². The van der Waals surface area contributed by atoms with Crippen molar-refractivity contribution in [2.45, 2.75) is 39.3 Å². The number of ether oxygens (including phenoxy) is 1. The molecule has 1 aromatic carbocycles. The smallest absolute Gasteiger partial charge is 0.328 e. The molecule has 9 nitrogen and oxygen atoms in total. The molecule has 0 radical (unpaired) electrons. The van der Waals surface area contributed by atoms with E-state index in [0.717, 1.165) is 43.5 Å². The number of hydrogen-bond donors (Lipinski definition) is 4. The first-order valence-corrected chi connectivity index (χ1v) is 9.90. The van der Waals surface area contributed by atoms with Gasteiger partial charge in [-0.3, -0.25) is 4.57 Å². The van der Waals surface area contributed by atoms with Gasteiger partial charge in [-0.1, -0.05) is 37.6 Å². The third-order valence-corrected chi connectivity index (χ3v) is 4.56. The van der Waals surface area contributed by atoms with E-state index in [1.165, 1.54) is 4.57 Å². The van der Waals surface area contributed by atoms with Gasteiger partial charge in [0, 0.05) is 13.2 Å². The maximum absolute atomic E-state index is 12.4. The quantitative estimate of drug-likeness (QED) is 0.358. The molecule has 0 bridgehead atoms. The molecule has 29 heavy (non-hydrogen) atoms. The number of unbranched alkanes of at least 4 members (excludes halogenated alkanes) is 1. The molecule has 3 rings (SSSR count). The molecule has 0 atom stereocenters. The Morgan fingerprint density at radius 2 is 1.97 bits per heavy atom. The van der Waals surface area contributed by atoms with Crippen LogP contribution < -0.4 is 21.5 Å². The highest BCUT2D eigenvalue weighted by atomic mass is 16.5. The second kappa shape index (κ2) is 10.0. The van der Waals surface area contributed by atoms with Crippen LogP contribution in [0.5, 0.6) is 6.01 Å². The number of nitrogens with one attached hydrogen (secondary N) is 2. The summed E-state index contributed by atoms with van der Waals surface area (Å²) < 4.78 is 7.10. The lowest BCUT2D eigenvalue weighted by atomic mass is 10.1. The molecular formula is C20H28N6O3.